The van der Waals surface area contributed by atoms with E-state index in [4.69, 9.17) is 0 Å². The summed E-state index contributed by atoms with van der Waals surface area (Å²) < 4.78 is 60.8. The number of thioether (sulfide) groups is 1. The lowest BCUT2D eigenvalue weighted by molar-refractivity contribution is -0.284. The molecule has 0 radical (unpaired) electrons. The standard InChI is InChI=1S/C21H30O.C14H25F5S/c1-21(2)12-11-18-17-9-7-16(22)13-15(17)6-8-19(18)20(21)10-5-14-3-4-14;1-2-3-4-5-6-7-8-11-20-12-9-10-13(15,16)14(17,18)19/h7,9,13-14,18-20,22H,3-6,8,10-12H2,1-2H3;2-12H2,1H3. The zero-order chi connectivity index (χ0) is 30.8. The van der Waals surface area contributed by atoms with Gasteiger partial charge >= 0.3 is 12.1 Å². The van der Waals surface area contributed by atoms with Gasteiger partial charge in [-0.25, -0.2) is 0 Å². The minimum absolute atomic E-state index is 0.0896. The topological polar surface area (TPSA) is 20.2 Å². The van der Waals surface area contributed by atoms with Gasteiger partial charge in [-0.15, -0.1) is 0 Å². The molecule has 242 valence electrons. The number of aryl methyl sites for hydroxylation is 1. The van der Waals surface area contributed by atoms with Crippen molar-refractivity contribution in [3.05, 3.63) is 29.3 Å². The molecule has 3 atom stereocenters. The lowest BCUT2D eigenvalue weighted by atomic mass is 9.54. The Hall–Kier alpha value is -0.980. The number of phenolic OH excluding ortho intramolecular Hbond substituents is 1. The van der Waals surface area contributed by atoms with Gasteiger partial charge in [0.1, 0.15) is 5.75 Å². The number of halogens is 5. The van der Waals surface area contributed by atoms with Crippen LogP contribution in [0.4, 0.5) is 22.0 Å². The third-order valence-electron chi connectivity index (χ3n) is 10.1. The van der Waals surface area contributed by atoms with Gasteiger partial charge in [0.25, 0.3) is 0 Å². The number of benzene rings is 1. The van der Waals surface area contributed by atoms with Crippen LogP contribution in [0.3, 0.4) is 0 Å². The molecule has 3 aliphatic carbocycles. The Morgan fingerprint density at radius 3 is 2.19 bits per heavy atom. The Balaban J connectivity index is 0.000000232. The number of unbranched alkanes of at least 4 members (excludes halogenated alkanes) is 6. The smallest absolute Gasteiger partial charge is 0.453 e. The maximum Gasteiger partial charge on any atom is 0.453 e. The van der Waals surface area contributed by atoms with Crippen molar-refractivity contribution in [1.29, 1.82) is 0 Å². The highest BCUT2D eigenvalue weighted by Gasteiger charge is 2.56. The monoisotopic (exact) mass is 618 g/mol. The van der Waals surface area contributed by atoms with Crippen LogP contribution in [0, 0.1) is 23.2 Å². The van der Waals surface area contributed by atoms with Crippen molar-refractivity contribution >= 4 is 11.8 Å². The number of phenols is 1. The van der Waals surface area contributed by atoms with Gasteiger partial charge in [0.15, 0.2) is 0 Å². The van der Waals surface area contributed by atoms with E-state index < -0.39 is 18.5 Å². The number of hydrogen-bond donors (Lipinski definition) is 1. The normalized spacial score (nSPS) is 23.5. The first kappa shape index (κ1) is 35.5. The Labute approximate surface area is 256 Å². The molecule has 2 fully saturated rings. The number of fused-ring (bicyclic) bond motifs is 3. The van der Waals surface area contributed by atoms with E-state index in [0.717, 1.165) is 42.3 Å². The summed E-state index contributed by atoms with van der Waals surface area (Å²) in [5.74, 6) is 0.720. The molecule has 3 aliphatic rings. The summed E-state index contributed by atoms with van der Waals surface area (Å²) in [5, 5.41) is 9.77. The summed E-state index contributed by atoms with van der Waals surface area (Å²) >= 11 is 1.47. The van der Waals surface area contributed by atoms with Crippen LogP contribution in [0.25, 0.3) is 0 Å². The van der Waals surface area contributed by atoms with Crippen LogP contribution in [0.5, 0.6) is 5.75 Å². The van der Waals surface area contributed by atoms with Crippen LogP contribution < -0.4 is 0 Å². The Morgan fingerprint density at radius 1 is 0.857 bits per heavy atom. The maximum absolute atomic E-state index is 12.6. The molecule has 0 aliphatic heterocycles. The van der Waals surface area contributed by atoms with Crippen LogP contribution in [0.1, 0.15) is 141 Å². The summed E-state index contributed by atoms with van der Waals surface area (Å²) in [6.45, 7) is 7.21. The molecular weight excluding hydrogens is 563 g/mol. The first-order valence-corrected chi connectivity index (χ1v) is 17.8. The quantitative estimate of drug-likeness (QED) is 0.156. The van der Waals surface area contributed by atoms with Gasteiger partial charge in [0.05, 0.1) is 0 Å². The molecule has 42 heavy (non-hydrogen) atoms. The Morgan fingerprint density at radius 2 is 1.52 bits per heavy atom. The van der Waals surface area contributed by atoms with Gasteiger partial charge in [-0.1, -0.05) is 84.6 Å². The second-order valence-corrected chi connectivity index (χ2v) is 15.1. The van der Waals surface area contributed by atoms with Crippen LogP contribution in [-0.4, -0.2) is 28.7 Å². The molecule has 0 spiro atoms. The lowest BCUT2D eigenvalue weighted by Gasteiger charge is -2.51. The summed E-state index contributed by atoms with van der Waals surface area (Å²) in [6, 6.07) is 6.14. The zero-order valence-electron chi connectivity index (χ0n) is 26.2. The lowest BCUT2D eigenvalue weighted by Crippen LogP contribution is -2.41. The van der Waals surface area contributed by atoms with Crippen molar-refractivity contribution in [3.63, 3.8) is 0 Å². The highest BCUT2D eigenvalue weighted by molar-refractivity contribution is 7.99. The van der Waals surface area contributed by atoms with E-state index in [1.54, 1.807) is 5.56 Å². The fourth-order valence-electron chi connectivity index (χ4n) is 7.30. The van der Waals surface area contributed by atoms with E-state index in [9.17, 15) is 27.1 Å². The summed E-state index contributed by atoms with van der Waals surface area (Å²) in [4.78, 5) is 0. The molecule has 0 saturated heterocycles. The molecule has 1 aromatic rings. The molecule has 1 N–H and O–H groups in total. The molecule has 4 rings (SSSR count). The van der Waals surface area contributed by atoms with Crippen molar-refractivity contribution in [2.24, 2.45) is 23.2 Å². The predicted octanol–water partition coefficient (Wildman–Crippen LogP) is 12.1. The largest absolute Gasteiger partial charge is 0.508 e. The second-order valence-electron chi connectivity index (χ2n) is 13.9. The average Bonchev–Trinajstić information content (AvgIpc) is 3.75. The first-order valence-electron chi connectivity index (χ1n) is 16.7. The zero-order valence-corrected chi connectivity index (χ0v) is 27.0. The first-order chi connectivity index (χ1) is 19.9. The Bertz CT molecular complexity index is 926. The van der Waals surface area contributed by atoms with Gasteiger partial charge in [-0.05, 0) is 109 Å². The fourth-order valence-corrected chi connectivity index (χ4v) is 8.26. The van der Waals surface area contributed by atoms with Crippen LogP contribution in [0.2, 0.25) is 0 Å². The van der Waals surface area contributed by atoms with Gasteiger partial charge in [0.2, 0.25) is 0 Å². The van der Waals surface area contributed by atoms with Gasteiger partial charge in [0, 0.05) is 6.42 Å². The summed E-state index contributed by atoms with van der Waals surface area (Å²) in [5.41, 5.74) is 3.49. The van der Waals surface area contributed by atoms with Gasteiger partial charge in [-0.3, -0.25) is 0 Å². The van der Waals surface area contributed by atoms with Crippen molar-refractivity contribution in [3.8, 4) is 5.75 Å². The molecule has 7 heteroatoms. The molecule has 1 nitrogen and oxygen atoms in total. The summed E-state index contributed by atoms with van der Waals surface area (Å²) in [6.07, 6.45) is 12.8. The number of hydrogen-bond acceptors (Lipinski definition) is 2. The molecule has 0 aromatic heterocycles. The predicted molar refractivity (Wildman–Crippen MR) is 167 cm³/mol. The number of rotatable bonds is 15. The van der Waals surface area contributed by atoms with E-state index in [-0.39, 0.29) is 6.42 Å². The third kappa shape index (κ3) is 10.9. The minimum Gasteiger partial charge on any atom is -0.508 e. The average molecular weight is 619 g/mol. The van der Waals surface area contributed by atoms with E-state index in [1.165, 1.54) is 101 Å². The summed E-state index contributed by atoms with van der Waals surface area (Å²) in [7, 11) is 0. The van der Waals surface area contributed by atoms with E-state index in [1.807, 2.05) is 12.1 Å². The van der Waals surface area contributed by atoms with Crippen molar-refractivity contribution in [1.82, 2.24) is 0 Å². The maximum atomic E-state index is 12.6. The minimum atomic E-state index is -5.41. The van der Waals surface area contributed by atoms with E-state index in [2.05, 4.69) is 26.8 Å². The number of alkyl halides is 5. The molecule has 0 bridgehead atoms. The van der Waals surface area contributed by atoms with Gasteiger partial charge in [-0.2, -0.15) is 33.7 Å². The molecule has 0 amide bonds. The van der Waals surface area contributed by atoms with Crippen LogP contribution in [-0.2, 0) is 6.42 Å². The van der Waals surface area contributed by atoms with Crippen molar-refractivity contribution in [2.75, 3.05) is 11.5 Å². The molecule has 3 unspecified atom stereocenters. The molecule has 2 saturated carbocycles. The fraction of sp³-hybridized carbons (Fsp3) is 0.829. The second kappa shape index (κ2) is 16.4. The van der Waals surface area contributed by atoms with E-state index >= 15 is 0 Å². The van der Waals surface area contributed by atoms with Crippen molar-refractivity contribution < 1.29 is 27.1 Å². The third-order valence-corrected chi connectivity index (χ3v) is 11.2. The highest BCUT2D eigenvalue weighted by Crippen LogP contribution is 2.56. The van der Waals surface area contributed by atoms with Crippen LogP contribution >= 0.6 is 11.8 Å². The van der Waals surface area contributed by atoms with Crippen molar-refractivity contribution in [2.45, 2.75) is 148 Å². The highest BCUT2D eigenvalue weighted by atomic mass is 32.2. The van der Waals surface area contributed by atoms with Gasteiger partial charge < -0.3 is 5.11 Å². The Kier molecular flexibility index (Phi) is 13.8. The van der Waals surface area contributed by atoms with E-state index in [0.29, 0.717) is 16.9 Å². The molecule has 0 heterocycles. The molecule has 1 aromatic carbocycles. The molecular formula is C35H55F5OS. The number of aromatic hydroxyl groups is 1. The van der Waals surface area contributed by atoms with Crippen LogP contribution in [0.15, 0.2) is 18.2 Å². The SMILES string of the molecule is CC1(C)CCC2c3ccc(O)cc3CCC2C1CCC1CC1.CCCCCCCCCSCCCC(F)(F)C(F)(F)F.